The molecular formula is C17H14Cl2N2OS2. The minimum Gasteiger partial charge on any atom is -0.341 e. The summed E-state index contributed by atoms with van der Waals surface area (Å²) in [5.41, 5.74) is 2.84. The Balaban J connectivity index is 1.63. The van der Waals surface area contributed by atoms with Gasteiger partial charge in [-0.3, -0.25) is 4.79 Å². The fourth-order valence-corrected chi connectivity index (χ4v) is 4.05. The van der Waals surface area contributed by atoms with Crippen LogP contribution in [0.4, 0.5) is 0 Å². The van der Waals surface area contributed by atoms with Crippen LogP contribution in [-0.4, -0.2) is 22.8 Å². The second-order valence-electron chi connectivity index (χ2n) is 5.33. The Morgan fingerprint density at radius 2 is 2.04 bits per heavy atom. The highest BCUT2D eigenvalue weighted by Gasteiger charge is 2.14. The molecule has 1 aromatic carbocycles. The Hall–Kier alpha value is -1.40. The normalized spacial score (nSPS) is 10.8. The predicted octanol–water partition coefficient (Wildman–Crippen LogP) is 5.38. The van der Waals surface area contributed by atoms with Gasteiger partial charge >= 0.3 is 0 Å². The van der Waals surface area contributed by atoms with Crippen LogP contribution in [0.5, 0.6) is 0 Å². The smallest absolute Gasteiger partial charge is 0.228 e. The Morgan fingerprint density at radius 1 is 1.21 bits per heavy atom. The maximum Gasteiger partial charge on any atom is 0.228 e. The van der Waals surface area contributed by atoms with E-state index in [1.807, 2.05) is 22.9 Å². The van der Waals surface area contributed by atoms with E-state index in [9.17, 15) is 4.79 Å². The van der Waals surface area contributed by atoms with E-state index in [4.69, 9.17) is 23.2 Å². The van der Waals surface area contributed by atoms with Gasteiger partial charge < -0.3 is 4.90 Å². The Morgan fingerprint density at radius 3 is 2.75 bits per heavy atom. The summed E-state index contributed by atoms with van der Waals surface area (Å²) in [4.78, 5) is 18.6. The first-order chi connectivity index (χ1) is 11.5. The highest BCUT2D eigenvalue weighted by atomic mass is 35.5. The summed E-state index contributed by atoms with van der Waals surface area (Å²) in [5.74, 6) is 0.0169. The topological polar surface area (TPSA) is 33.2 Å². The summed E-state index contributed by atoms with van der Waals surface area (Å²) >= 11 is 15.1. The van der Waals surface area contributed by atoms with Gasteiger partial charge in [0.25, 0.3) is 0 Å². The molecule has 124 valence electrons. The molecule has 1 amide bonds. The molecule has 0 saturated carbocycles. The largest absolute Gasteiger partial charge is 0.341 e. The van der Waals surface area contributed by atoms with Gasteiger partial charge in [-0.05, 0) is 29.1 Å². The molecule has 0 unspecified atom stereocenters. The number of nitrogens with zero attached hydrogens (tertiary/aromatic N) is 2. The molecule has 0 bridgehead atoms. The van der Waals surface area contributed by atoms with Gasteiger partial charge in [0.05, 0.1) is 22.2 Å². The van der Waals surface area contributed by atoms with Gasteiger partial charge in [-0.25, -0.2) is 4.98 Å². The third-order valence-corrected chi connectivity index (χ3v) is 5.84. The van der Waals surface area contributed by atoms with E-state index in [2.05, 4.69) is 10.4 Å². The molecule has 0 aliphatic rings. The van der Waals surface area contributed by atoms with Crippen molar-refractivity contribution in [3.63, 3.8) is 0 Å². The lowest BCUT2D eigenvalue weighted by Gasteiger charge is -2.17. The Labute approximate surface area is 158 Å². The predicted molar refractivity (Wildman–Crippen MR) is 102 cm³/mol. The number of hydrogen-bond acceptors (Lipinski definition) is 4. The molecule has 0 fully saturated rings. The second kappa shape index (κ2) is 7.66. The van der Waals surface area contributed by atoms with Crippen LogP contribution in [0.15, 0.2) is 40.4 Å². The van der Waals surface area contributed by atoms with Crippen molar-refractivity contribution in [1.82, 2.24) is 9.88 Å². The lowest BCUT2D eigenvalue weighted by atomic mass is 10.2. The zero-order chi connectivity index (χ0) is 17.1. The molecule has 2 aromatic heterocycles. The van der Waals surface area contributed by atoms with Crippen LogP contribution in [0.1, 0.15) is 11.3 Å². The first kappa shape index (κ1) is 17.4. The molecular weight excluding hydrogens is 383 g/mol. The fraction of sp³-hybridized carbons (Fsp3) is 0.176. The lowest BCUT2D eigenvalue weighted by Crippen LogP contribution is -2.27. The van der Waals surface area contributed by atoms with Crippen molar-refractivity contribution < 1.29 is 4.79 Å². The molecule has 3 rings (SSSR count). The number of carbonyl (C=O) groups excluding carboxylic acids is 1. The molecule has 0 atom stereocenters. The molecule has 7 heteroatoms. The van der Waals surface area contributed by atoms with Crippen molar-refractivity contribution in [2.24, 2.45) is 0 Å². The van der Waals surface area contributed by atoms with E-state index >= 15 is 0 Å². The quantitative estimate of drug-likeness (QED) is 0.579. The number of thiazole rings is 1. The number of carbonyl (C=O) groups is 1. The first-order valence-corrected chi connectivity index (χ1v) is 9.75. The molecule has 0 radical (unpaired) electrons. The summed E-state index contributed by atoms with van der Waals surface area (Å²) < 4.78 is 0. The third kappa shape index (κ3) is 4.16. The van der Waals surface area contributed by atoms with Crippen LogP contribution >= 0.6 is 45.9 Å². The van der Waals surface area contributed by atoms with Crippen molar-refractivity contribution in [1.29, 1.82) is 0 Å². The summed E-state index contributed by atoms with van der Waals surface area (Å²) in [5, 5.41) is 7.98. The van der Waals surface area contributed by atoms with Gasteiger partial charge in [0.2, 0.25) is 5.91 Å². The van der Waals surface area contributed by atoms with E-state index in [0.29, 0.717) is 23.0 Å². The number of thiophene rings is 1. The minimum atomic E-state index is 0.0169. The molecule has 3 nitrogen and oxygen atoms in total. The summed E-state index contributed by atoms with van der Waals surface area (Å²) in [6.45, 7) is 0.483. The number of likely N-dealkylation sites (N-methyl/N-ethyl adjacent to an activating group) is 1. The monoisotopic (exact) mass is 396 g/mol. The number of aromatic nitrogens is 1. The van der Waals surface area contributed by atoms with Crippen LogP contribution in [0.25, 0.3) is 10.6 Å². The van der Waals surface area contributed by atoms with Crippen molar-refractivity contribution in [2.75, 3.05) is 7.05 Å². The summed E-state index contributed by atoms with van der Waals surface area (Å²) in [7, 11) is 1.77. The number of rotatable bonds is 5. The Kier molecular flexibility index (Phi) is 5.56. The van der Waals surface area contributed by atoms with E-state index in [0.717, 1.165) is 21.8 Å². The maximum absolute atomic E-state index is 12.4. The van der Waals surface area contributed by atoms with Crippen LogP contribution in [0, 0.1) is 0 Å². The fourth-order valence-electron chi connectivity index (χ4n) is 2.20. The lowest BCUT2D eigenvalue weighted by molar-refractivity contribution is -0.129. The average Bonchev–Trinajstić information content (AvgIpc) is 3.21. The molecule has 0 aliphatic heterocycles. The van der Waals surface area contributed by atoms with Gasteiger partial charge in [-0.1, -0.05) is 29.3 Å². The average molecular weight is 397 g/mol. The molecule has 0 N–H and O–H groups in total. The zero-order valence-electron chi connectivity index (χ0n) is 12.8. The van der Waals surface area contributed by atoms with Crippen LogP contribution in [0.3, 0.4) is 0 Å². The molecule has 2 heterocycles. The van der Waals surface area contributed by atoms with Gasteiger partial charge in [-0.2, -0.15) is 11.3 Å². The molecule has 0 spiro atoms. The molecule has 24 heavy (non-hydrogen) atoms. The highest BCUT2D eigenvalue weighted by molar-refractivity contribution is 7.14. The summed E-state index contributed by atoms with van der Waals surface area (Å²) in [6, 6.07) is 7.43. The van der Waals surface area contributed by atoms with Gasteiger partial charge in [-0.15, -0.1) is 11.3 Å². The molecule has 0 saturated heterocycles. The van der Waals surface area contributed by atoms with E-state index in [-0.39, 0.29) is 5.91 Å². The van der Waals surface area contributed by atoms with Crippen LogP contribution in [-0.2, 0) is 17.8 Å². The third-order valence-electron chi connectivity index (χ3n) is 3.48. The minimum absolute atomic E-state index is 0.0169. The number of hydrogen-bond donors (Lipinski definition) is 0. The highest BCUT2D eigenvalue weighted by Crippen LogP contribution is 2.26. The second-order valence-corrected chi connectivity index (χ2v) is 7.78. The van der Waals surface area contributed by atoms with Crippen LogP contribution < -0.4 is 0 Å². The first-order valence-electron chi connectivity index (χ1n) is 7.18. The standard InChI is InChI=1S/C17H14Cl2N2OS2/c1-21(8-11-2-3-14(18)15(19)6-11)16(22)7-13-10-24-17(20-13)12-4-5-23-9-12/h2-6,9-10H,7-8H2,1H3. The van der Waals surface area contributed by atoms with Crippen molar-refractivity contribution in [3.8, 4) is 10.6 Å². The Bertz CT molecular complexity index is 846. The maximum atomic E-state index is 12.4. The van der Waals surface area contributed by atoms with E-state index in [1.165, 1.54) is 0 Å². The zero-order valence-corrected chi connectivity index (χ0v) is 16.0. The molecule has 0 aliphatic carbocycles. The summed E-state index contributed by atoms with van der Waals surface area (Å²) in [6.07, 6.45) is 0.290. The van der Waals surface area contributed by atoms with Crippen molar-refractivity contribution >= 4 is 51.8 Å². The number of amides is 1. The number of halogens is 2. The van der Waals surface area contributed by atoms with Gasteiger partial charge in [0.1, 0.15) is 5.01 Å². The molecule has 3 aromatic rings. The SMILES string of the molecule is CN(Cc1ccc(Cl)c(Cl)c1)C(=O)Cc1csc(-c2ccsc2)n1. The van der Waals surface area contributed by atoms with Crippen molar-refractivity contribution in [2.45, 2.75) is 13.0 Å². The number of benzene rings is 1. The van der Waals surface area contributed by atoms with Gasteiger partial charge in [0, 0.05) is 29.9 Å². The van der Waals surface area contributed by atoms with Crippen LogP contribution in [0.2, 0.25) is 10.0 Å². The van der Waals surface area contributed by atoms with E-state index in [1.54, 1.807) is 46.8 Å². The van der Waals surface area contributed by atoms with E-state index < -0.39 is 0 Å². The van der Waals surface area contributed by atoms with Gasteiger partial charge in [0.15, 0.2) is 0 Å². The van der Waals surface area contributed by atoms with Crippen molar-refractivity contribution in [3.05, 3.63) is 61.7 Å².